The lowest BCUT2D eigenvalue weighted by Crippen LogP contribution is -2.41. The molecule has 1 aromatic heterocycles. The molecule has 30 heavy (non-hydrogen) atoms. The second-order valence-electron chi connectivity index (χ2n) is 8.38. The van der Waals surface area contributed by atoms with Gasteiger partial charge in [0.25, 0.3) is 5.91 Å². The Morgan fingerprint density at radius 2 is 2.00 bits per heavy atom. The summed E-state index contributed by atoms with van der Waals surface area (Å²) in [5.41, 5.74) is 0.607. The number of ether oxygens (including phenoxy) is 2. The van der Waals surface area contributed by atoms with Crippen LogP contribution in [-0.2, 0) is 11.2 Å². The molecule has 2 heterocycles. The van der Waals surface area contributed by atoms with Gasteiger partial charge in [0.2, 0.25) is 0 Å². The summed E-state index contributed by atoms with van der Waals surface area (Å²) in [5, 5.41) is 5.24. The van der Waals surface area contributed by atoms with Gasteiger partial charge in [-0.1, -0.05) is 24.3 Å². The monoisotopic (exact) mass is 430 g/mol. The number of fused-ring (bicyclic) bond motifs is 1. The van der Waals surface area contributed by atoms with Gasteiger partial charge in [0.05, 0.1) is 4.88 Å². The summed E-state index contributed by atoms with van der Waals surface area (Å²) in [6.07, 6.45) is 2.03. The van der Waals surface area contributed by atoms with Crippen LogP contribution in [0.3, 0.4) is 0 Å². The molecule has 6 nitrogen and oxygen atoms in total. The molecular formula is C23H30N2O4S. The summed E-state index contributed by atoms with van der Waals surface area (Å²) in [7, 11) is 0. The molecule has 1 atom stereocenters. The van der Waals surface area contributed by atoms with Crippen LogP contribution in [0.2, 0.25) is 0 Å². The maximum Gasteiger partial charge on any atom is 0.417 e. The average molecular weight is 431 g/mol. The first-order valence-corrected chi connectivity index (χ1v) is 11.2. The highest BCUT2D eigenvalue weighted by Gasteiger charge is 2.28. The fourth-order valence-electron chi connectivity index (χ4n) is 3.28. The van der Waals surface area contributed by atoms with E-state index in [1.165, 1.54) is 21.8 Å². The number of hydrogen-bond acceptors (Lipinski definition) is 6. The van der Waals surface area contributed by atoms with E-state index in [0.717, 1.165) is 31.7 Å². The number of hydrogen-bond donors (Lipinski definition) is 1. The Morgan fingerprint density at radius 1 is 1.20 bits per heavy atom. The Kier molecular flexibility index (Phi) is 7.50. The highest BCUT2D eigenvalue weighted by molar-refractivity contribution is 7.12. The molecule has 0 fully saturated rings. The van der Waals surface area contributed by atoms with Crippen molar-refractivity contribution >= 4 is 23.3 Å². The van der Waals surface area contributed by atoms with Gasteiger partial charge in [-0.3, -0.25) is 4.79 Å². The van der Waals surface area contributed by atoms with Crippen molar-refractivity contribution in [3.05, 3.63) is 52.2 Å². The van der Waals surface area contributed by atoms with E-state index < -0.39 is 11.7 Å². The number of amides is 2. The van der Waals surface area contributed by atoms with Crippen LogP contribution in [0.4, 0.5) is 4.79 Å². The largest absolute Gasteiger partial charge is 0.488 e. The smallest absolute Gasteiger partial charge is 0.417 e. The van der Waals surface area contributed by atoms with Crippen molar-refractivity contribution in [1.82, 2.24) is 10.2 Å². The van der Waals surface area contributed by atoms with Crippen LogP contribution in [-0.4, -0.2) is 48.2 Å². The Bertz CT molecular complexity index is 820. The van der Waals surface area contributed by atoms with E-state index >= 15 is 0 Å². The summed E-state index contributed by atoms with van der Waals surface area (Å²) < 4.78 is 11.4. The lowest BCUT2D eigenvalue weighted by atomic mass is 10.1. The van der Waals surface area contributed by atoms with Crippen molar-refractivity contribution in [2.45, 2.75) is 51.7 Å². The number of para-hydroxylation sites is 1. The lowest BCUT2D eigenvalue weighted by molar-refractivity contribution is 0.0240. The van der Waals surface area contributed by atoms with Crippen LogP contribution in [0.15, 0.2) is 41.8 Å². The number of nitrogens with zero attached hydrogens (tertiary/aromatic N) is 1. The molecule has 2 aromatic rings. The average Bonchev–Trinajstić information content (AvgIpc) is 3.35. The number of carbonyl (C=O) groups is 2. The molecule has 1 N–H and O–H groups in total. The molecule has 2 amide bonds. The molecule has 0 saturated carbocycles. The zero-order chi connectivity index (χ0) is 21.6. The van der Waals surface area contributed by atoms with E-state index in [0.29, 0.717) is 17.8 Å². The second kappa shape index (κ2) is 10.1. The summed E-state index contributed by atoms with van der Waals surface area (Å²) in [6.45, 7) is 7.30. The Hall–Kier alpha value is -2.38. The molecule has 0 radical (unpaired) electrons. The van der Waals surface area contributed by atoms with E-state index in [1.54, 1.807) is 32.9 Å². The summed E-state index contributed by atoms with van der Waals surface area (Å²) >= 11 is 1.33. The molecule has 1 aromatic carbocycles. The van der Waals surface area contributed by atoms with Crippen LogP contribution in [0.5, 0.6) is 5.75 Å². The quantitative estimate of drug-likeness (QED) is 0.625. The molecule has 3 rings (SSSR count). The number of carbonyl (C=O) groups excluding carboxylic acids is 2. The van der Waals surface area contributed by atoms with Gasteiger partial charge in [0.15, 0.2) is 0 Å². The highest BCUT2D eigenvalue weighted by atomic mass is 32.1. The lowest BCUT2D eigenvalue weighted by Gasteiger charge is -2.26. The van der Waals surface area contributed by atoms with E-state index in [-0.39, 0.29) is 12.0 Å². The molecule has 0 saturated heterocycles. The Morgan fingerprint density at radius 3 is 2.70 bits per heavy atom. The Balaban J connectivity index is 1.42. The number of nitrogens with one attached hydrogen (secondary N) is 1. The van der Waals surface area contributed by atoms with Crippen LogP contribution >= 0.6 is 11.3 Å². The molecule has 1 aliphatic rings. The zero-order valence-corrected chi connectivity index (χ0v) is 18.7. The predicted octanol–water partition coefficient (Wildman–Crippen LogP) is 4.50. The minimum absolute atomic E-state index is 0.154. The van der Waals surface area contributed by atoms with Gasteiger partial charge in [-0.2, -0.15) is 0 Å². The van der Waals surface area contributed by atoms with Gasteiger partial charge in [-0.25, -0.2) is 9.69 Å². The van der Waals surface area contributed by atoms with E-state index in [2.05, 4.69) is 11.4 Å². The molecule has 1 aliphatic heterocycles. The van der Waals surface area contributed by atoms with Gasteiger partial charge < -0.3 is 14.8 Å². The number of rotatable bonds is 8. The molecule has 0 bridgehead atoms. The standard InChI is InChI=1S/C23H30N2O4S/c1-23(2,3)29-22(27)25(21(26)20-11-8-14-30-20)13-7-6-12-24-16-18-15-17-9-4-5-10-19(17)28-18/h4-5,8-11,14,18,24H,6-7,12-13,15-16H2,1-3H3. The molecule has 0 aliphatic carbocycles. The molecule has 1 unspecified atom stereocenters. The Labute approximate surface area is 182 Å². The normalized spacial score (nSPS) is 15.4. The van der Waals surface area contributed by atoms with Crippen LogP contribution < -0.4 is 10.1 Å². The van der Waals surface area contributed by atoms with Gasteiger partial charge in [-0.15, -0.1) is 11.3 Å². The van der Waals surface area contributed by atoms with Crippen molar-refractivity contribution < 1.29 is 19.1 Å². The van der Waals surface area contributed by atoms with E-state index in [9.17, 15) is 9.59 Å². The number of thiophene rings is 1. The highest BCUT2D eigenvalue weighted by Crippen LogP contribution is 2.27. The van der Waals surface area contributed by atoms with Crippen molar-refractivity contribution in [3.8, 4) is 5.75 Å². The maximum absolute atomic E-state index is 12.7. The third kappa shape index (κ3) is 6.31. The van der Waals surface area contributed by atoms with Crippen molar-refractivity contribution in [1.29, 1.82) is 0 Å². The summed E-state index contributed by atoms with van der Waals surface area (Å²) in [4.78, 5) is 27.0. The van der Waals surface area contributed by atoms with Crippen LogP contribution in [0.1, 0.15) is 48.8 Å². The first-order chi connectivity index (χ1) is 14.3. The van der Waals surface area contributed by atoms with E-state index in [4.69, 9.17) is 9.47 Å². The third-order valence-electron chi connectivity index (χ3n) is 4.66. The predicted molar refractivity (Wildman–Crippen MR) is 118 cm³/mol. The second-order valence-corrected chi connectivity index (χ2v) is 9.33. The summed E-state index contributed by atoms with van der Waals surface area (Å²) in [6, 6.07) is 11.7. The van der Waals surface area contributed by atoms with Crippen LogP contribution in [0.25, 0.3) is 0 Å². The molecule has 7 heteroatoms. The topological polar surface area (TPSA) is 67.9 Å². The molecular weight excluding hydrogens is 400 g/mol. The SMILES string of the molecule is CC(C)(C)OC(=O)N(CCCCNCC1Cc2ccccc2O1)C(=O)c1cccs1. The van der Waals surface area contributed by atoms with Crippen molar-refractivity contribution in [3.63, 3.8) is 0 Å². The van der Waals surface area contributed by atoms with Gasteiger partial charge in [-0.05, 0) is 63.2 Å². The molecule has 0 spiro atoms. The minimum Gasteiger partial charge on any atom is -0.488 e. The van der Waals surface area contributed by atoms with Gasteiger partial charge in [0.1, 0.15) is 17.5 Å². The fourth-order valence-corrected chi connectivity index (χ4v) is 3.95. The number of imide groups is 1. The number of benzene rings is 1. The third-order valence-corrected chi connectivity index (χ3v) is 5.52. The van der Waals surface area contributed by atoms with Crippen molar-refractivity contribution in [2.24, 2.45) is 0 Å². The van der Waals surface area contributed by atoms with E-state index in [1.807, 2.05) is 23.6 Å². The first kappa shape index (κ1) is 22.3. The fraction of sp³-hybridized carbons (Fsp3) is 0.478. The first-order valence-electron chi connectivity index (χ1n) is 10.4. The minimum atomic E-state index is -0.647. The maximum atomic E-state index is 12.7. The van der Waals surface area contributed by atoms with Gasteiger partial charge >= 0.3 is 6.09 Å². The van der Waals surface area contributed by atoms with Gasteiger partial charge in [0, 0.05) is 19.5 Å². The zero-order valence-electron chi connectivity index (χ0n) is 17.8. The number of unbranched alkanes of at least 4 members (excludes halogenated alkanes) is 1. The molecule has 162 valence electrons. The summed E-state index contributed by atoms with van der Waals surface area (Å²) in [5.74, 6) is 0.675. The van der Waals surface area contributed by atoms with Crippen molar-refractivity contribution in [2.75, 3.05) is 19.6 Å². The van der Waals surface area contributed by atoms with Crippen LogP contribution in [0, 0.1) is 0 Å².